The molecule has 7 heteroatoms. The van der Waals surface area contributed by atoms with Crippen LogP contribution in [-0.4, -0.2) is 58.1 Å². The van der Waals surface area contributed by atoms with E-state index < -0.39 is 0 Å². The maximum Gasteiger partial charge on any atom is 0.224 e. The summed E-state index contributed by atoms with van der Waals surface area (Å²) in [5.41, 5.74) is 2.30. The number of piperidine rings is 1. The number of hydrogen-bond acceptors (Lipinski definition) is 5. The molecule has 0 bridgehead atoms. The molecule has 0 unspecified atom stereocenters. The minimum absolute atomic E-state index is 0.0255. The van der Waals surface area contributed by atoms with Crippen molar-refractivity contribution in [3.05, 3.63) is 78.6 Å². The number of carbonyl (C=O) groups is 1. The van der Waals surface area contributed by atoms with E-state index in [4.69, 9.17) is 4.74 Å². The summed E-state index contributed by atoms with van der Waals surface area (Å²) in [6.45, 7) is 6.77. The number of carbonyl (C=O) groups excluding carboxylic acids is 1. The van der Waals surface area contributed by atoms with Gasteiger partial charge >= 0.3 is 0 Å². The number of amides is 1. The summed E-state index contributed by atoms with van der Waals surface area (Å²) in [4.78, 5) is 23.8. The molecule has 1 N–H and O–H groups in total. The van der Waals surface area contributed by atoms with Crippen molar-refractivity contribution in [3.63, 3.8) is 0 Å². The van der Waals surface area contributed by atoms with Gasteiger partial charge in [0.2, 0.25) is 5.91 Å². The topological polar surface area (TPSA) is 72.3 Å². The Kier molecular flexibility index (Phi) is 8.68. The molecule has 1 saturated heterocycles. The second-order valence-corrected chi connectivity index (χ2v) is 9.19. The minimum atomic E-state index is -0.0255. The molecule has 0 spiro atoms. The van der Waals surface area contributed by atoms with Crippen LogP contribution in [-0.2, 0) is 17.8 Å². The van der Waals surface area contributed by atoms with Crippen molar-refractivity contribution in [1.82, 2.24) is 24.8 Å². The molecule has 2 aromatic heterocycles. The molecular formula is C27H35N5O2. The Balaban J connectivity index is 1.31. The normalized spacial score (nSPS) is 18.5. The average molecular weight is 462 g/mol. The number of imidazole rings is 1. The molecule has 3 heterocycles. The lowest BCUT2D eigenvalue weighted by atomic mass is 9.88. The second-order valence-electron chi connectivity index (χ2n) is 9.19. The quantitative estimate of drug-likeness (QED) is 0.444. The van der Waals surface area contributed by atoms with Crippen LogP contribution < -0.4 is 10.1 Å². The number of nitrogens with zero attached hydrogens (tertiary/aromatic N) is 4. The van der Waals surface area contributed by atoms with Crippen molar-refractivity contribution in [2.45, 2.75) is 32.7 Å². The molecule has 0 radical (unpaired) electrons. The molecule has 3 aromatic rings. The Hall–Kier alpha value is -3.19. The molecule has 0 aliphatic carbocycles. The lowest BCUT2D eigenvalue weighted by Gasteiger charge is -2.37. The highest BCUT2D eigenvalue weighted by Gasteiger charge is 2.31. The Labute approximate surface area is 202 Å². The fourth-order valence-corrected chi connectivity index (χ4v) is 4.52. The third-order valence-corrected chi connectivity index (χ3v) is 6.36. The molecular weight excluding hydrogens is 426 g/mol. The minimum Gasteiger partial charge on any atom is -0.492 e. The number of aryl methyl sites for hydroxylation is 2. The van der Waals surface area contributed by atoms with Crippen molar-refractivity contribution in [3.8, 4) is 5.75 Å². The first-order valence-corrected chi connectivity index (χ1v) is 12.2. The van der Waals surface area contributed by atoms with E-state index in [9.17, 15) is 4.79 Å². The van der Waals surface area contributed by atoms with E-state index >= 15 is 0 Å². The van der Waals surface area contributed by atoms with Crippen molar-refractivity contribution in [2.75, 3.05) is 32.8 Å². The first-order valence-electron chi connectivity index (χ1n) is 12.2. The summed E-state index contributed by atoms with van der Waals surface area (Å²) in [7, 11) is 0. The summed E-state index contributed by atoms with van der Waals surface area (Å²) in [5.74, 6) is 1.21. The predicted molar refractivity (Wildman–Crippen MR) is 133 cm³/mol. The van der Waals surface area contributed by atoms with Gasteiger partial charge in [0.1, 0.15) is 5.75 Å². The summed E-state index contributed by atoms with van der Waals surface area (Å²) in [6.07, 6.45) is 10.0. The first-order chi connectivity index (χ1) is 16.7. The van der Waals surface area contributed by atoms with Crippen LogP contribution in [0.25, 0.3) is 0 Å². The summed E-state index contributed by atoms with van der Waals surface area (Å²) in [5, 5.41) is 3.16. The van der Waals surface area contributed by atoms with Crippen LogP contribution in [0.1, 0.15) is 24.1 Å². The first kappa shape index (κ1) is 24.0. The maximum absolute atomic E-state index is 13.0. The summed E-state index contributed by atoms with van der Waals surface area (Å²) >= 11 is 0. The number of aromatic nitrogens is 3. The fourth-order valence-electron chi connectivity index (χ4n) is 4.52. The predicted octanol–water partition coefficient (Wildman–Crippen LogP) is 3.35. The number of likely N-dealkylation sites (tertiary alicyclic amines) is 1. The fraction of sp³-hybridized carbons (Fsp3) is 0.444. The smallest absolute Gasteiger partial charge is 0.224 e. The number of rotatable bonds is 11. The van der Waals surface area contributed by atoms with E-state index in [1.165, 1.54) is 5.56 Å². The summed E-state index contributed by atoms with van der Waals surface area (Å²) in [6, 6.07) is 14.5. The zero-order chi connectivity index (χ0) is 23.6. The summed E-state index contributed by atoms with van der Waals surface area (Å²) < 4.78 is 8.08. The molecule has 0 saturated carbocycles. The van der Waals surface area contributed by atoms with E-state index in [0.717, 1.165) is 56.9 Å². The second kappa shape index (κ2) is 12.3. The lowest BCUT2D eigenvalue weighted by Crippen LogP contribution is -2.48. The Morgan fingerprint density at radius 2 is 2.03 bits per heavy atom. The van der Waals surface area contributed by atoms with Crippen molar-refractivity contribution >= 4 is 5.91 Å². The highest BCUT2D eigenvalue weighted by atomic mass is 16.5. The largest absolute Gasteiger partial charge is 0.492 e. The zero-order valence-electron chi connectivity index (χ0n) is 20.0. The van der Waals surface area contributed by atoms with Gasteiger partial charge in [-0.3, -0.25) is 9.78 Å². The zero-order valence-corrected chi connectivity index (χ0v) is 20.0. The highest BCUT2D eigenvalue weighted by Crippen LogP contribution is 2.24. The van der Waals surface area contributed by atoms with Crippen LogP contribution in [0.3, 0.4) is 0 Å². The average Bonchev–Trinajstić information content (AvgIpc) is 3.39. The third kappa shape index (κ3) is 7.42. The third-order valence-electron chi connectivity index (χ3n) is 6.36. The van der Waals surface area contributed by atoms with Crippen LogP contribution >= 0.6 is 0 Å². The van der Waals surface area contributed by atoms with Crippen LogP contribution in [0.5, 0.6) is 5.75 Å². The van der Waals surface area contributed by atoms with Gasteiger partial charge in [-0.25, -0.2) is 4.98 Å². The molecule has 1 aliphatic heterocycles. The molecule has 180 valence electrons. The van der Waals surface area contributed by atoms with E-state index in [1.54, 1.807) is 12.4 Å². The Morgan fingerprint density at radius 3 is 2.79 bits per heavy atom. The van der Waals surface area contributed by atoms with Gasteiger partial charge in [-0.05, 0) is 43.9 Å². The van der Waals surface area contributed by atoms with Gasteiger partial charge in [-0.1, -0.05) is 30.3 Å². The number of hydrogen-bond donors (Lipinski definition) is 1. The van der Waals surface area contributed by atoms with Crippen molar-refractivity contribution < 1.29 is 9.53 Å². The van der Waals surface area contributed by atoms with Crippen LogP contribution in [0, 0.1) is 18.8 Å². The molecule has 34 heavy (non-hydrogen) atoms. The standard InChI is InChI=1S/C27H35N5O2/c1-22-8-9-26(17-30-22)34-20-24-16-25(27(33)29-11-5-13-31-15-12-28-21-31)19-32(18-24)14-10-23-6-3-2-4-7-23/h2-4,6-9,12,15,17,21,24-25H,5,10-11,13-14,16,18-20H2,1H3,(H,29,33)/t24-,25+/m0/s1. The number of ether oxygens (including phenoxy) is 1. The molecule has 7 nitrogen and oxygen atoms in total. The van der Waals surface area contributed by atoms with Crippen LogP contribution in [0.15, 0.2) is 67.4 Å². The van der Waals surface area contributed by atoms with Gasteiger partial charge in [0.05, 0.1) is 25.0 Å². The number of nitrogens with one attached hydrogen (secondary N) is 1. The molecule has 1 aliphatic rings. The maximum atomic E-state index is 13.0. The van der Waals surface area contributed by atoms with E-state index in [0.29, 0.717) is 19.1 Å². The Morgan fingerprint density at radius 1 is 1.15 bits per heavy atom. The highest BCUT2D eigenvalue weighted by molar-refractivity contribution is 5.79. The van der Waals surface area contributed by atoms with Gasteiger partial charge in [-0.2, -0.15) is 0 Å². The molecule has 1 fully saturated rings. The van der Waals surface area contributed by atoms with Crippen molar-refractivity contribution in [1.29, 1.82) is 0 Å². The van der Waals surface area contributed by atoms with Gasteiger partial charge in [-0.15, -0.1) is 0 Å². The van der Waals surface area contributed by atoms with E-state index in [2.05, 4.69) is 44.5 Å². The van der Waals surface area contributed by atoms with Crippen LogP contribution in [0.4, 0.5) is 0 Å². The Bertz CT molecular complexity index is 992. The van der Waals surface area contributed by atoms with E-state index in [1.807, 2.05) is 42.2 Å². The van der Waals surface area contributed by atoms with Gasteiger partial charge < -0.3 is 19.5 Å². The van der Waals surface area contributed by atoms with Gasteiger partial charge in [0.15, 0.2) is 0 Å². The molecule has 2 atom stereocenters. The number of benzene rings is 1. The lowest BCUT2D eigenvalue weighted by molar-refractivity contribution is -0.127. The van der Waals surface area contributed by atoms with E-state index in [-0.39, 0.29) is 11.8 Å². The SMILES string of the molecule is Cc1ccc(OC[C@H]2C[C@@H](C(=O)NCCCn3ccnc3)CN(CCc3ccccc3)C2)cn1. The number of pyridine rings is 1. The molecule has 4 rings (SSSR count). The van der Waals surface area contributed by atoms with Crippen LogP contribution in [0.2, 0.25) is 0 Å². The molecule has 1 aromatic carbocycles. The molecule has 1 amide bonds. The van der Waals surface area contributed by atoms with Gasteiger partial charge in [0.25, 0.3) is 0 Å². The van der Waals surface area contributed by atoms with Crippen molar-refractivity contribution in [2.24, 2.45) is 11.8 Å². The monoisotopic (exact) mass is 461 g/mol. The van der Waals surface area contributed by atoms with Gasteiger partial charge in [0, 0.05) is 56.7 Å².